The molecule has 0 saturated carbocycles. The van der Waals surface area contributed by atoms with E-state index in [1.165, 1.54) is 23.5 Å². The molecule has 1 aliphatic heterocycles. The molecule has 2 aromatic rings. The van der Waals surface area contributed by atoms with Crippen molar-refractivity contribution in [2.24, 2.45) is 4.99 Å². The minimum atomic E-state index is -0.642. The van der Waals surface area contributed by atoms with Crippen molar-refractivity contribution < 1.29 is 13.9 Å². The second-order valence-electron chi connectivity index (χ2n) is 5.25. The van der Waals surface area contributed by atoms with Gasteiger partial charge in [-0.1, -0.05) is 37.9 Å². The van der Waals surface area contributed by atoms with Crippen molar-refractivity contribution >= 4 is 55.0 Å². The summed E-state index contributed by atoms with van der Waals surface area (Å²) in [4.78, 5) is 21.6. The summed E-state index contributed by atoms with van der Waals surface area (Å²) in [6.45, 7) is 1.99. The molecule has 0 radical (unpaired) electrons. The first-order valence-corrected chi connectivity index (χ1v) is 10.5. The third-order valence-electron chi connectivity index (χ3n) is 3.65. The normalized spacial score (nSPS) is 16.9. The average Bonchev–Trinajstić information content (AvgIpc) is 3.15. The molecule has 1 atom stereocenters. The maximum absolute atomic E-state index is 13.5. The molecule has 0 spiro atoms. The van der Waals surface area contributed by atoms with Crippen LogP contribution in [-0.2, 0) is 9.53 Å². The summed E-state index contributed by atoms with van der Waals surface area (Å²) < 4.78 is 19.3. The number of allylic oxidation sites excluding steroid dienone is 1. The molecule has 1 aromatic carbocycles. The van der Waals surface area contributed by atoms with Crippen molar-refractivity contribution in [1.82, 2.24) is 10.3 Å². The first-order chi connectivity index (χ1) is 12.5. The predicted molar refractivity (Wildman–Crippen MR) is 106 cm³/mol. The van der Waals surface area contributed by atoms with E-state index in [1.54, 1.807) is 19.2 Å². The fourth-order valence-corrected chi connectivity index (χ4v) is 4.15. The van der Waals surface area contributed by atoms with Gasteiger partial charge in [-0.05, 0) is 24.6 Å². The van der Waals surface area contributed by atoms with Crippen LogP contribution in [0.2, 0.25) is 0 Å². The third-order valence-corrected chi connectivity index (χ3v) is 5.67. The number of hydrogen-bond acceptors (Lipinski definition) is 6. The number of benzene rings is 1. The van der Waals surface area contributed by atoms with Crippen LogP contribution in [0.25, 0.3) is 0 Å². The zero-order valence-corrected chi connectivity index (χ0v) is 17.6. The van der Waals surface area contributed by atoms with Crippen molar-refractivity contribution in [1.29, 1.82) is 0 Å². The van der Waals surface area contributed by atoms with E-state index in [-0.39, 0.29) is 12.4 Å². The van der Waals surface area contributed by atoms with Crippen LogP contribution in [0.15, 0.2) is 50.5 Å². The molecule has 0 bridgehead atoms. The number of ether oxygens (including phenoxy) is 1. The van der Waals surface area contributed by atoms with Crippen LogP contribution in [0.3, 0.4) is 0 Å². The number of aromatic nitrogens is 1. The van der Waals surface area contributed by atoms with Gasteiger partial charge in [0.15, 0.2) is 10.8 Å². The van der Waals surface area contributed by atoms with Crippen molar-refractivity contribution in [3.05, 3.63) is 61.9 Å². The molecule has 0 amide bonds. The van der Waals surface area contributed by atoms with Gasteiger partial charge in [0.1, 0.15) is 11.9 Å². The lowest BCUT2D eigenvalue weighted by molar-refractivity contribution is -0.138. The quantitative estimate of drug-likeness (QED) is 0.487. The summed E-state index contributed by atoms with van der Waals surface area (Å²) in [5, 5.41) is 6.12. The van der Waals surface area contributed by atoms with Crippen LogP contribution in [0.5, 0.6) is 0 Å². The lowest BCUT2D eigenvalue weighted by Crippen LogP contribution is -2.34. The number of halogens is 3. The SMILES string of the molecule is CCOC(=O)C1=C(CBr)NC(c2nccs2)=N[C@@H]1c1ccc(F)cc1Br. The Kier molecular flexibility index (Phi) is 6.20. The van der Waals surface area contributed by atoms with E-state index in [0.29, 0.717) is 37.5 Å². The molecule has 136 valence electrons. The number of carbonyl (C=O) groups excluding carboxylic acids is 1. The molecule has 5 nitrogen and oxygen atoms in total. The van der Waals surface area contributed by atoms with Gasteiger partial charge in [0, 0.05) is 27.1 Å². The minimum Gasteiger partial charge on any atom is -0.463 e. The van der Waals surface area contributed by atoms with Crippen molar-refractivity contribution in [2.75, 3.05) is 11.9 Å². The second kappa shape index (κ2) is 8.41. The Morgan fingerprint density at radius 1 is 1.46 bits per heavy atom. The minimum absolute atomic E-state index is 0.248. The lowest BCUT2D eigenvalue weighted by Gasteiger charge is -2.26. The molecular weight excluding hydrogens is 489 g/mol. The van der Waals surface area contributed by atoms with E-state index in [1.807, 2.05) is 5.38 Å². The number of carbonyl (C=O) groups is 1. The van der Waals surface area contributed by atoms with Gasteiger partial charge in [0.25, 0.3) is 0 Å². The summed E-state index contributed by atoms with van der Waals surface area (Å²) in [6, 6.07) is 3.67. The van der Waals surface area contributed by atoms with E-state index in [2.05, 4.69) is 47.2 Å². The Hall–Kier alpha value is -1.58. The molecule has 0 fully saturated rings. The van der Waals surface area contributed by atoms with Crippen LogP contribution in [0, 0.1) is 5.82 Å². The highest BCUT2D eigenvalue weighted by Crippen LogP contribution is 2.37. The van der Waals surface area contributed by atoms with Gasteiger partial charge in [-0.15, -0.1) is 11.3 Å². The van der Waals surface area contributed by atoms with Gasteiger partial charge < -0.3 is 10.1 Å². The summed E-state index contributed by atoms with van der Waals surface area (Å²) in [5.74, 6) is -0.276. The molecule has 26 heavy (non-hydrogen) atoms. The standard InChI is InChI=1S/C17H14Br2FN3O2S/c1-2-25-17(24)13-12(8-18)22-15(16-21-5-6-26-16)23-14(13)10-4-3-9(20)7-11(10)19/h3-7,14H,2,8H2,1H3,(H,22,23)/t14-/m1/s1. The number of rotatable bonds is 5. The first kappa shape index (κ1) is 19.2. The Bertz CT molecular complexity index is 884. The van der Waals surface area contributed by atoms with Crippen LogP contribution < -0.4 is 5.32 Å². The Balaban J connectivity index is 2.15. The Morgan fingerprint density at radius 3 is 2.88 bits per heavy atom. The van der Waals surface area contributed by atoms with Gasteiger partial charge in [-0.2, -0.15) is 0 Å². The number of nitrogens with one attached hydrogen (secondary N) is 1. The fourth-order valence-electron chi connectivity index (χ4n) is 2.55. The number of amidine groups is 1. The van der Waals surface area contributed by atoms with Crippen molar-refractivity contribution in [3.8, 4) is 0 Å². The predicted octanol–water partition coefficient (Wildman–Crippen LogP) is 4.35. The van der Waals surface area contributed by atoms with Gasteiger partial charge in [0.2, 0.25) is 0 Å². The number of nitrogens with zero attached hydrogens (tertiary/aromatic N) is 2. The van der Waals surface area contributed by atoms with E-state index in [0.717, 1.165) is 0 Å². The molecule has 2 heterocycles. The summed E-state index contributed by atoms with van der Waals surface area (Å²) in [6.07, 6.45) is 1.69. The van der Waals surface area contributed by atoms with Gasteiger partial charge in [-0.3, -0.25) is 4.99 Å². The van der Waals surface area contributed by atoms with Crippen LogP contribution in [0.1, 0.15) is 23.5 Å². The van der Waals surface area contributed by atoms with Crippen LogP contribution >= 0.6 is 43.2 Å². The maximum Gasteiger partial charge on any atom is 0.338 e. The summed E-state index contributed by atoms with van der Waals surface area (Å²) >= 11 is 8.24. The lowest BCUT2D eigenvalue weighted by atomic mass is 9.96. The molecular formula is C17H14Br2FN3O2S. The molecule has 1 aliphatic rings. The molecule has 0 unspecified atom stereocenters. The van der Waals surface area contributed by atoms with Gasteiger partial charge in [-0.25, -0.2) is 14.2 Å². The Labute approximate surface area is 170 Å². The number of hydrogen-bond donors (Lipinski definition) is 1. The van der Waals surface area contributed by atoms with E-state index in [4.69, 9.17) is 4.74 Å². The molecule has 1 aromatic heterocycles. The van der Waals surface area contributed by atoms with Crippen molar-refractivity contribution in [3.63, 3.8) is 0 Å². The second-order valence-corrected chi connectivity index (χ2v) is 7.56. The molecule has 1 N–H and O–H groups in total. The highest BCUT2D eigenvalue weighted by atomic mass is 79.9. The Morgan fingerprint density at radius 2 is 2.27 bits per heavy atom. The van der Waals surface area contributed by atoms with Gasteiger partial charge in [0.05, 0.1) is 12.2 Å². The van der Waals surface area contributed by atoms with Crippen LogP contribution in [-0.4, -0.2) is 28.7 Å². The zero-order chi connectivity index (χ0) is 18.7. The smallest absolute Gasteiger partial charge is 0.338 e. The highest BCUT2D eigenvalue weighted by Gasteiger charge is 2.33. The number of alkyl halides is 1. The summed E-state index contributed by atoms with van der Waals surface area (Å²) in [7, 11) is 0. The number of esters is 1. The van der Waals surface area contributed by atoms with Gasteiger partial charge >= 0.3 is 5.97 Å². The van der Waals surface area contributed by atoms with Crippen LogP contribution in [0.4, 0.5) is 4.39 Å². The largest absolute Gasteiger partial charge is 0.463 e. The monoisotopic (exact) mass is 501 g/mol. The highest BCUT2D eigenvalue weighted by molar-refractivity contribution is 9.10. The number of thiazole rings is 1. The van der Waals surface area contributed by atoms with E-state index < -0.39 is 12.0 Å². The first-order valence-electron chi connectivity index (χ1n) is 7.70. The zero-order valence-electron chi connectivity index (χ0n) is 13.6. The fraction of sp³-hybridized carbons (Fsp3) is 0.235. The summed E-state index contributed by atoms with van der Waals surface area (Å²) in [5.41, 5.74) is 1.70. The van der Waals surface area contributed by atoms with E-state index in [9.17, 15) is 9.18 Å². The van der Waals surface area contributed by atoms with Crippen molar-refractivity contribution in [2.45, 2.75) is 13.0 Å². The molecule has 0 aliphatic carbocycles. The molecule has 0 saturated heterocycles. The third kappa shape index (κ3) is 3.89. The molecule has 9 heteroatoms. The average molecular weight is 503 g/mol. The maximum atomic E-state index is 13.5. The molecule has 3 rings (SSSR count). The van der Waals surface area contributed by atoms with E-state index >= 15 is 0 Å². The number of aliphatic imine (C=N–C) groups is 1. The topological polar surface area (TPSA) is 63.6 Å².